The molecule has 0 heterocycles. The third-order valence-electron chi connectivity index (χ3n) is 7.86. The van der Waals surface area contributed by atoms with Crippen molar-refractivity contribution in [3.05, 3.63) is 178 Å². The van der Waals surface area contributed by atoms with Crippen molar-refractivity contribution in [2.24, 2.45) is 0 Å². The summed E-state index contributed by atoms with van der Waals surface area (Å²) >= 11 is 0. The Hall–Kier alpha value is -5.60. The van der Waals surface area contributed by atoms with E-state index in [1.807, 2.05) is 67.6 Å². The van der Waals surface area contributed by atoms with Gasteiger partial charge in [-0.1, -0.05) is 140 Å². The minimum Gasteiger partial charge on any atom is -0.508 e. The van der Waals surface area contributed by atoms with Crippen molar-refractivity contribution in [3.63, 3.8) is 0 Å². The molecule has 2 nitrogen and oxygen atoms in total. The molecule has 214 valence electrons. The summed E-state index contributed by atoms with van der Waals surface area (Å²) in [5.41, 5.74) is 11.1. The van der Waals surface area contributed by atoms with E-state index < -0.39 is 0 Å². The first-order valence-electron chi connectivity index (χ1n) is 14.8. The summed E-state index contributed by atoms with van der Waals surface area (Å²) < 4.78 is 0. The molecule has 0 saturated heterocycles. The van der Waals surface area contributed by atoms with Crippen molar-refractivity contribution >= 4 is 24.3 Å². The molecule has 2 N–H and O–H groups in total. The Bertz CT molecular complexity index is 1920. The van der Waals surface area contributed by atoms with Gasteiger partial charge in [-0.15, -0.1) is 0 Å². The summed E-state index contributed by atoms with van der Waals surface area (Å²) in [5.74, 6) is 0.476. The molecule has 6 aromatic carbocycles. The average Bonchev–Trinajstić information content (AvgIpc) is 3.07. The van der Waals surface area contributed by atoms with Gasteiger partial charge in [0.15, 0.2) is 0 Å². The molecule has 0 radical (unpaired) electrons. The normalized spacial score (nSPS) is 11.4. The van der Waals surface area contributed by atoms with E-state index in [0.717, 1.165) is 61.2 Å². The first-order valence-corrected chi connectivity index (χ1v) is 14.8. The summed E-state index contributed by atoms with van der Waals surface area (Å²) in [6.07, 6.45) is 8.84. The van der Waals surface area contributed by atoms with Gasteiger partial charge in [-0.3, -0.25) is 0 Å². The van der Waals surface area contributed by atoms with Crippen LogP contribution in [0.1, 0.15) is 38.9 Å². The molecule has 0 bridgehead atoms. The number of hydrogen-bond donors (Lipinski definition) is 2. The molecule has 0 amide bonds. The second-order valence-corrected chi connectivity index (χ2v) is 11.1. The van der Waals surface area contributed by atoms with Crippen molar-refractivity contribution in [1.82, 2.24) is 0 Å². The van der Waals surface area contributed by atoms with Gasteiger partial charge in [-0.25, -0.2) is 0 Å². The molecule has 0 fully saturated rings. The smallest absolute Gasteiger partial charge is 0.122 e. The van der Waals surface area contributed by atoms with Crippen LogP contribution in [0, 0.1) is 6.92 Å². The maximum Gasteiger partial charge on any atom is 0.122 e. The Balaban J connectivity index is 1.21. The highest BCUT2D eigenvalue weighted by Crippen LogP contribution is 2.34. The average molecular weight is 571 g/mol. The van der Waals surface area contributed by atoms with E-state index in [2.05, 4.69) is 97.1 Å². The lowest BCUT2D eigenvalue weighted by Crippen LogP contribution is -1.94. The number of hydrogen-bond acceptors (Lipinski definition) is 2. The van der Waals surface area contributed by atoms with Crippen molar-refractivity contribution in [1.29, 1.82) is 0 Å². The zero-order valence-electron chi connectivity index (χ0n) is 24.7. The SMILES string of the molecule is Cc1cc(-c2ccc(/C=C/c3ccccc3)cc2)cc(Cc2cc(-c3ccc(/C=C/c4ccccc4)cc3)ccc2O)c1O. The topological polar surface area (TPSA) is 40.5 Å². The molecule has 0 atom stereocenters. The van der Waals surface area contributed by atoms with Crippen LogP contribution in [0.25, 0.3) is 46.6 Å². The van der Waals surface area contributed by atoms with E-state index in [1.54, 1.807) is 6.07 Å². The zero-order chi connectivity index (χ0) is 30.3. The van der Waals surface area contributed by atoms with Crippen LogP contribution in [0.3, 0.4) is 0 Å². The van der Waals surface area contributed by atoms with Crippen molar-refractivity contribution < 1.29 is 10.2 Å². The van der Waals surface area contributed by atoms with Gasteiger partial charge in [0.25, 0.3) is 0 Å². The quantitative estimate of drug-likeness (QED) is 0.179. The van der Waals surface area contributed by atoms with Gasteiger partial charge in [0, 0.05) is 6.42 Å². The Morgan fingerprint density at radius 3 is 1.39 bits per heavy atom. The van der Waals surface area contributed by atoms with Gasteiger partial charge in [0.05, 0.1) is 0 Å². The summed E-state index contributed by atoms with van der Waals surface area (Å²) in [6, 6.07) is 47.0. The molecule has 0 aliphatic rings. The maximum atomic E-state index is 11.0. The van der Waals surface area contributed by atoms with Crippen LogP contribution in [-0.4, -0.2) is 10.2 Å². The molecule has 0 saturated carbocycles. The molecular weight excluding hydrogens is 536 g/mol. The lowest BCUT2D eigenvalue weighted by atomic mass is 9.93. The lowest BCUT2D eigenvalue weighted by molar-refractivity contribution is 0.460. The van der Waals surface area contributed by atoms with E-state index in [1.165, 1.54) is 0 Å². The molecular formula is C42H34O2. The highest BCUT2D eigenvalue weighted by atomic mass is 16.3. The Kier molecular flexibility index (Phi) is 8.52. The van der Waals surface area contributed by atoms with E-state index in [4.69, 9.17) is 0 Å². The Morgan fingerprint density at radius 1 is 0.432 bits per heavy atom. The van der Waals surface area contributed by atoms with Crippen LogP contribution in [0.15, 0.2) is 140 Å². The van der Waals surface area contributed by atoms with Crippen LogP contribution in [0.2, 0.25) is 0 Å². The fourth-order valence-corrected chi connectivity index (χ4v) is 5.35. The zero-order valence-corrected chi connectivity index (χ0v) is 24.7. The summed E-state index contributed by atoms with van der Waals surface area (Å²) in [6.45, 7) is 1.92. The molecule has 2 heteroatoms. The van der Waals surface area contributed by atoms with Gasteiger partial charge in [0.2, 0.25) is 0 Å². The molecule has 0 spiro atoms. The van der Waals surface area contributed by atoms with E-state index in [-0.39, 0.29) is 11.5 Å². The second kappa shape index (κ2) is 13.1. The predicted molar refractivity (Wildman–Crippen MR) is 185 cm³/mol. The van der Waals surface area contributed by atoms with Crippen molar-refractivity contribution in [2.75, 3.05) is 0 Å². The number of benzene rings is 6. The number of phenolic OH excluding ortho intramolecular Hbond substituents is 2. The van der Waals surface area contributed by atoms with Gasteiger partial charge in [-0.2, -0.15) is 0 Å². The highest BCUT2D eigenvalue weighted by molar-refractivity contribution is 5.75. The van der Waals surface area contributed by atoms with Crippen LogP contribution >= 0.6 is 0 Å². The third kappa shape index (κ3) is 6.88. The fraction of sp³-hybridized carbons (Fsp3) is 0.0476. The first-order chi connectivity index (χ1) is 21.5. The van der Waals surface area contributed by atoms with Gasteiger partial charge < -0.3 is 10.2 Å². The maximum absolute atomic E-state index is 11.0. The minimum atomic E-state index is 0.216. The van der Waals surface area contributed by atoms with Crippen LogP contribution in [-0.2, 0) is 6.42 Å². The Morgan fingerprint density at radius 2 is 0.864 bits per heavy atom. The van der Waals surface area contributed by atoms with Crippen molar-refractivity contribution in [2.45, 2.75) is 13.3 Å². The lowest BCUT2D eigenvalue weighted by Gasteiger charge is -2.14. The second-order valence-electron chi connectivity index (χ2n) is 11.1. The van der Waals surface area contributed by atoms with Crippen LogP contribution in [0.5, 0.6) is 11.5 Å². The molecule has 6 rings (SSSR count). The molecule has 0 aliphatic heterocycles. The largest absolute Gasteiger partial charge is 0.508 e. The number of aromatic hydroxyl groups is 2. The molecule has 0 unspecified atom stereocenters. The summed E-state index contributed by atoms with van der Waals surface area (Å²) in [4.78, 5) is 0. The Labute approximate surface area is 259 Å². The third-order valence-corrected chi connectivity index (χ3v) is 7.86. The fourth-order valence-electron chi connectivity index (χ4n) is 5.35. The van der Waals surface area contributed by atoms with Gasteiger partial charge in [-0.05, 0) is 92.4 Å². The molecule has 0 aliphatic carbocycles. The minimum absolute atomic E-state index is 0.216. The number of phenols is 2. The van der Waals surface area contributed by atoms with E-state index in [0.29, 0.717) is 6.42 Å². The van der Waals surface area contributed by atoms with Crippen LogP contribution in [0.4, 0.5) is 0 Å². The van der Waals surface area contributed by atoms with Gasteiger partial charge >= 0.3 is 0 Å². The number of rotatable bonds is 8. The number of aryl methyl sites for hydroxylation is 1. The predicted octanol–water partition coefficient (Wildman–Crippen LogP) is 10.7. The summed E-state index contributed by atoms with van der Waals surface area (Å²) in [7, 11) is 0. The van der Waals surface area contributed by atoms with Gasteiger partial charge in [0.1, 0.15) is 11.5 Å². The van der Waals surface area contributed by atoms with E-state index in [9.17, 15) is 10.2 Å². The van der Waals surface area contributed by atoms with Crippen molar-refractivity contribution in [3.8, 4) is 33.8 Å². The molecule has 44 heavy (non-hydrogen) atoms. The summed E-state index contributed by atoms with van der Waals surface area (Å²) in [5, 5.41) is 21.8. The van der Waals surface area contributed by atoms with E-state index >= 15 is 0 Å². The molecule has 0 aromatic heterocycles. The monoisotopic (exact) mass is 570 g/mol. The standard InChI is InChI=1S/C42H34O2/c1-30-26-38(36-22-18-34(19-23-36)15-13-32-10-6-3-7-11-32)28-40(42(30)44)29-39-27-37(24-25-41(39)43)35-20-16-33(17-21-35)14-12-31-8-4-2-5-9-31/h2-28,43-44H,29H2,1H3/b14-12+,15-13+. The highest BCUT2D eigenvalue weighted by Gasteiger charge is 2.13. The van der Waals surface area contributed by atoms with Crippen LogP contribution < -0.4 is 0 Å². The molecule has 6 aromatic rings. The first kappa shape index (κ1) is 28.5.